The van der Waals surface area contributed by atoms with Crippen LogP contribution in [0.2, 0.25) is 0 Å². The third-order valence-electron chi connectivity index (χ3n) is 1.25. The van der Waals surface area contributed by atoms with Crippen LogP contribution >= 0.6 is 0 Å². The van der Waals surface area contributed by atoms with Crippen LogP contribution in [0.3, 0.4) is 0 Å². The fourth-order valence-electron chi connectivity index (χ4n) is 0.810. The number of anilines is 1. The monoisotopic (exact) mass is 190 g/mol. The summed E-state index contributed by atoms with van der Waals surface area (Å²) >= 11 is 0. The molecule has 0 aromatic carbocycles. The predicted octanol–water partition coefficient (Wildman–Crippen LogP) is -1.48. The van der Waals surface area contributed by atoms with E-state index >= 15 is 0 Å². The van der Waals surface area contributed by atoms with E-state index in [4.69, 9.17) is 16.1 Å². The second-order valence-electron chi connectivity index (χ2n) is 2.15. The average molecular weight is 190 g/mol. The van der Waals surface area contributed by atoms with Gasteiger partial charge in [0.15, 0.2) is 0 Å². The van der Waals surface area contributed by atoms with E-state index in [0.717, 1.165) is 4.68 Å². The first-order valence-electron chi connectivity index (χ1n) is 2.95. The molecule has 0 bridgehead atoms. The van der Waals surface area contributed by atoms with Crippen LogP contribution in [0.25, 0.3) is 0 Å². The number of nitrogen functional groups attached to an aromatic ring is 2. The number of pyridine rings is 1. The van der Waals surface area contributed by atoms with Crippen LogP contribution in [0.5, 0.6) is 0 Å². The van der Waals surface area contributed by atoms with E-state index in [9.17, 15) is 8.42 Å². The highest BCUT2D eigenvalue weighted by atomic mass is 32.2. The molecule has 0 aliphatic heterocycles. The van der Waals surface area contributed by atoms with Crippen LogP contribution < -0.4 is 16.3 Å². The van der Waals surface area contributed by atoms with E-state index in [1.807, 2.05) is 0 Å². The first-order chi connectivity index (χ1) is 5.43. The Hall–Kier alpha value is -1.34. The highest BCUT2D eigenvalue weighted by Gasteiger charge is 2.25. The molecular formula is C5H8N3O3S+. The molecule has 1 heterocycles. The normalized spacial score (nSPS) is 11.4. The van der Waals surface area contributed by atoms with E-state index < -0.39 is 15.1 Å². The summed E-state index contributed by atoms with van der Waals surface area (Å²) in [5.41, 5.74) is 5.17. The van der Waals surface area contributed by atoms with Crippen LogP contribution in [-0.4, -0.2) is 13.0 Å². The molecule has 0 unspecified atom stereocenters. The van der Waals surface area contributed by atoms with Gasteiger partial charge in [0.2, 0.25) is 6.20 Å². The van der Waals surface area contributed by atoms with E-state index in [1.165, 1.54) is 18.3 Å². The maximum Gasteiger partial charge on any atom is 0.375 e. The lowest BCUT2D eigenvalue weighted by molar-refractivity contribution is -0.677. The second kappa shape index (κ2) is 2.61. The number of rotatable bonds is 1. The van der Waals surface area contributed by atoms with Gasteiger partial charge in [-0.15, -0.1) is 0 Å². The summed E-state index contributed by atoms with van der Waals surface area (Å²) in [6.45, 7) is 0. The van der Waals surface area contributed by atoms with Crippen molar-refractivity contribution in [1.82, 2.24) is 0 Å². The van der Waals surface area contributed by atoms with Crippen molar-refractivity contribution >= 4 is 15.8 Å². The lowest BCUT2D eigenvalue weighted by Crippen LogP contribution is -2.49. The minimum Gasteiger partial charge on any atom is -0.393 e. The van der Waals surface area contributed by atoms with Crippen molar-refractivity contribution in [3.8, 4) is 0 Å². The Morgan fingerprint density at radius 2 is 2.08 bits per heavy atom. The van der Waals surface area contributed by atoms with Gasteiger partial charge in [-0.3, -0.25) is 4.55 Å². The Bertz CT molecular complexity index is 380. The minimum absolute atomic E-state index is 0.0949. The summed E-state index contributed by atoms with van der Waals surface area (Å²) in [6.07, 6.45) is 1.26. The summed E-state index contributed by atoms with van der Waals surface area (Å²) < 4.78 is 30.7. The Balaban J connectivity index is 3.53. The lowest BCUT2D eigenvalue weighted by atomic mass is 10.4. The molecule has 0 saturated heterocycles. The molecule has 0 saturated carbocycles. The smallest absolute Gasteiger partial charge is 0.375 e. The van der Waals surface area contributed by atoms with Gasteiger partial charge in [-0.1, -0.05) is 4.68 Å². The van der Waals surface area contributed by atoms with Crippen molar-refractivity contribution in [2.45, 2.75) is 5.03 Å². The summed E-state index contributed by atoms with van der Waals surface area (Å²) in [5.74, 6) is 5.21. The van der Waals surface area contributed by atoms with Gasteiger partial charge in [0.25, 0.3) is 0 Å². The number of hydrogen-bond donors (Lipinski definition) is 3. The Morgan fingerprint density at radius 3 is 2.42 bits per heavy atom. The standard InChI is InChI=1S/C5H7N3O3S/c6-4-2-1-3-8(7)5(4)12(9,10)11/h1-3H,6-7H2/p+1. The van der Waals surface area contributed by atoms with Gasteiger partial charge in [-0.05, 0) is 6.07 Å². The molecule has 0 spiro atoms. The Kier molecular flexibility index (Phi) is 1.90. The van der Waals surface area contributed by atoms with E-state index in [0.29, 0.717) is 0 Å². The molecule has 12 heavy (non-hydrogen) atoms. The lowest BCUT2D eigenvalue weighted by Gasteiger charge is -1.96. The zero-order valence-electron chi connectivity index (χ0n) is 6.01. The zero-order chi connectivity index (χ0) is 9.35. The zero-order valence-corrected chi connectivity index (χ0v) is 6.82. The molecule has 7 heteroatoms. The van der Waals surface area contributed by atoms with Crippen LogP contribution in [0.15, 0.2) is 23.4 Å². The second-order valence-corrected chi connectivity index (χ2v) is 3.49. The van der Waals surface area contributed by atoms with Gasteiger partial charge in [0, 0.05) is 6.07 Å². The quantitative estimate of drug-likeness (QED) is 0.284. The Labute approximate surface area is 69.1 Å². The van der Waals surface area contributed by atoms with Crippen LogP contribution in [-0.2, 0) is 10.1 Å². The molecule has 5 N–H and O–H groups in total. The third kappa shape index (κ3) is 1.46. The molecule has 6 nitrogen and oxygen atoms in total. The summed E-state index contributed by atoms with van der Waals surface area (Å²) in [5, 5.41) is -0.509. The molecule has 0 radical (unpaired) electrons. The molecule has 1 aromatic heterocycles. The van der Waals surface area contributed by atoms with E-state index in [2.05, 4.69) is 0 Å². The number of hydrogen-bond acceptors (Lipinski definition) is 4. The number of nitrogens with zero attached hydrogens (tertiary/aromatic N) is 1. The molecule has 1 rings (SSSR count). The van der Waals surface area contributed by atoms with Gasteiger partial charge in [0.05, 0.1) is 0 Å². The van der Waals surface area contributed by atoms with Crippen molar-refractivity contribution in [2.24, 2.45) is 0 Å². The van der Waals surface area contributed by atoms with Gasteiger partial charge < -0.3 is 5.73 Å². The van der Waals surface area contributed by atoms with Gasteiger partial charge in [-0.2, -0.15) is 8.42 Å². The fourth-order valence-corrected chi connectivity index (χ4v) is 1.50. The maximum absolute atomic E-state index is 10.6. The van der Waals surface area contributed by atoms with Gasteiger partial charge >= 0.3 is 15.1 Å². The number of aromatic nitrogens is 1. The van der Waals surface area contributed by atoms with Crippen LogP contribution in [0.1, 0.15) is 0 Å². The maximum atomic E-state index is 10.6. The van der Waals surface area contributed by atoms with Crippen molar-refractivity contribution in [2.75, 3.05) is 11.6 Å². The van der Waals surface area contributed by atoms with E-state index in [-0.39, 0.29) is 5.69 Å². The number of nitrogens with two attached hydrogens (primary N) is 2. The van der Waals surface area contributed by atoms with Crippen LogP contribution in [0.4, 0.5) is 5.69 Å². The average Bonchev–Trinajstić information content (AvgIpc) is 1.82. The van der Waals surface area contributed by atoms with Crippen molar-refractivity contribution in [3.05, 3.63) is 18.3 Å². The first kappa shape index (κ1) is 8.75. The first-order valence-corrected chi connectivity index (χ1v) is 4.39. The highest BCUT2D eigenvalue weighted by molar-refractivity contribution is 7.85. The molecule has 0 aliphatic carbocycles. The van der Waals surface area contributed by atoms with Crippen LogP contribution in [0, 0.1) is 0 Å². The highest BCUT2D eigenvalue weighted by Crippen LogP contribution is 2.10. The fraction of sp³-hybridized carbons (Fsp3) is 0. The predicted molar refractivity (Wildman–Crippen MR) is 41.0 cm³/mol. The van der Waals surface area contributed by atoms with Crippen molar-refractivity contribution in [1.29, 1.82) is 0 Å². The molecular weight excluding hydrogens is 182 g/mol. The van der Waals surface area contributed by atoms with Crippen molar-refractivity contribution in [3.63, 3.8) is 0 Å². The van der Waals surface area contributed by atoms with Gasteiger partial charge in [0.1, 0.15) is 5.69 Å². The van der Waals surface area contributed by atoms with E-state index in [1.54, 1.807) is 0 Å². The third-order valence-corrected chi connectivity index (χ3v) is 2.18. The molecule has 0 fully saturated rings. The molecule has 66 valence electrons. The van der Waals surface area contributed by atoms with Crippen molar-refractivity contribution < 1.29 is 17.6 Å². The molecule has 1 aromatic rings. The van der Waals surface area contributed by atoms with Gasteiger partial charge in [-0.25, -0.2) is 5.84 Å². The molecule has 0 aliphatic rings. The minimum atomic E-state index is -4.35. The summed E-state index contributed by atoms with van der Waals surface area (Å²) in [6, 6.07) is 2.79. The largest absolute Gasteiger partial charge is 0.393 e. The summed E-state index contributed by atoms with van der Waals surface area (Å²) in [7, 11) is -4.35. The Morgan fingerprint density at radius 1 is 1.50 bits per heavy atom. The molecule has 0 amide bonds. The SMILES string of the molecule is Nc1ccc[n+](N)c1S(=O)(=O)O. The summed E-state index contributed by atoms with van der Waals surface area (Å²) in [4.78, 5) is 0. The topological polar surface area (TPSA) is 110 Å². The molecule has 0 atom stereocenters.